The minimum absolute atomic E-state index is 0.0933. The molecule has 0 saturated heterocycles. The molecular formula is C16H16O3S. The number of methoxy groups -OCH3 is 2. The third-order valence-electron chi connectivity index (χ3n) is 3.01. The topological polar surface area (TPSA) is 35.5 Å². The largest absolute Gasteiger partial charge is 0.496 e. The van der Waals surface area contributed by atoms with E-state index in [1.807, 2.05) is 30.5 Å². The maximum absolute atomic E-state index is 12.8. The van der Waals surface area contributed by atoms with E-state index in [0.29, 0.717) is 22.6 Å². The van der Waals surface area contributed by atoms with Gasteiger partial charge in [0.1, 0.15) is 17.1 Å². The van der Waals surface area contributed by atoms with Gasteiger partial charge in [-0.3, -0.25) is 4.79 Å². The molecule has 3 nitrogen and oxygen atoms in total. The summed E-state index contributed by atoms with van der Waals surface area (Å²) < 4.78 is 10.6. The van der Waals surface area contributed by atoms with Crippen molar-refractivity contribution in [3.05, 3.63) is 53.6 Å². The second-order valence-corrected chi connectivity index (χ2v) is 4.92. The van der Waals surface area contributed by atoms with Crippen molar-refractivity contribution in [1.82, 2.24) is 0 Å². The molecule has 0 N–H and O–H groups in total. The Morgan fingerprint density at radius 3 is 2.10 bits per heavy atom. The first kappa shape index (κ1) is 14.5. The fraction of sp³-hybridized carbons (Fsp3) is 0.188. The Labute approximate surface area is 122 Å². The van der Waals surface area contributed by atoms with Crippen molar-refractivity contribution in [2.45, 2.75) is 4.90 Å². The van der Waals surface area contributed by atoms with Crippen LogP contribution in [0.5, 0.6) is 11.5 Å². The summed E-state index contributed by atoms with van der Waals surface area (Å²) >= 11 is 1.54. The summed E-state index contributed by atoms with van der Waals surface area (Å²) in [5, 5.41) is 0. The molecule has 0 aliphatic rings. The van der Waals surface area contributed by atoms with E-state index in [1.54, 1.807) is 44.2 Å². The molecule has 0 saturated carbocycles. The second kappa shape index (κ2) is 6.48. The van der Waals surface area contributed by atoms with Crippen LogP contribution in [0.15, 0.2) is 47.4 Å². The lowest BCUT2D eigenvalue weighted by atomic mass is 10.0. The average Bonchev–Trinajstić information content (AvgIpc) is 2.53. The highest BCUT2D eigenvalue weighted by Crippen LogP contribution is 2.32. The van der Waals surface area contributed by atoms with Gasteiger partial charge in [0.05, 0.1) is 14.2 Å². The van der Waals surface area contributed by atoms with E-state index in [-0.39, 0.29) is 5.78 Å². The van der Waals surface area contributed by atoms with Crippen LogP contribution in [0.2, 0.25) is 0 Å². The molecular weight excluding hydrogens is 272 g/mol. The molecule has 0 amide bonds. The third kappa shape index (κ3) is 2.65. The number of carbonyl (C=O) groups is 1. The monoisotopic (exact) mass is 288 g/mol. The molecule has 0 heterocycles. The fourth-order valence-corrected chi connectivity index (χ4v) is 2.64. The Morgan fingerprint density at radius 2 is 1.55 bits per heavy atom. The van der Waals surface area contributed by atoms with Gasteiger partial charge in [-0.15, -0.1) is 11.8 Å². The minimum Gasteiger partial charge on any atom is -0.496 e. The molecule has 2 rings (SSSR count). The summed E-state index contributed by atoms with van der Waals surface area (Å²) in [7, 11) is 3.10. The molecule has 0 fully saturated rings. The van der Waals surface area contributed by atoms with E-state index in [1.165, 1.54) is 0 Å². The Bertz CT molecular complexity index is 601. The van der Waals surface area contributed by atoms with E-state index in [2.05, 4.69) is 0 Å². The molecule has 0 spiro atoms. The van der Waals surface area contributed by atoms with Crippen molar-refractivity contribution in [2.24, 2.45) is 0 Å². The SMILES string of the molecule is COc1cccc(OC)c1C(=O)c1ccccc1SC. The van der Waals surface area contributed by atoms with Crippen LogP contribution >= 0.6 is 11.8 Å². The quantitative estimate of drug-likeness (QED) is 0.621. The molecule has 20 heavy (non-hydrogen) atoms. The number of ketones is 1. The van der Waals surface area contributed by atoms with E-state index in [4.69, 9.17) is 9.47 Å². The number of ether oxygens (including phenoxy) is 2. The van der Waals surface area contributed by atoms with Gasteiger partial charge in [-0.25, -0.2) is 0 Å². The van der Waals surface area contributed by atoms with E-state index >= 15 is 0 Å². The standard InChI is InChI=1S/C16H16O3S/c1-18-12-8-6-9-13(19-2)15(12)16(17)11-7-4-5-10-14(11)20-3/h4-10H,1-3H3. The van der Waals surface area contributed by atoms with Gasteiger partial charge in [0.15, 0.2) is 0 Å². The zero-order chi connectivity index (χ0) is 14.5. The van der Waals surface area contributed by atoms with Gasteiger partial charge in [-0.2, -0.15) is 0 Å². The van der Waals surface area contributed by atoms with Crippen molar-refractivity contribution in [3.8, 4) is 11.5 Å². The van der Waals surface area contributed by atoms with Gasteiger partial charge in [0.2, 0.25) is 5.78 Å². The molecule has 2 aromatic carbocycles. The Hall–Kier alpha value is -1.94. The van der Waals surface area contributed by atoms with Crippen LogP contribution in [0.25, 0.3) is 0 Å². The number of thioether (sulfide) groups is 1. The maximum atomic E-state index is 12.8. The summed E-state index contributed by atoms with van der Waals surface area (Å²) in [4.78, 5) is 13.7. The molecule has 2 aromatic rings. The predicted molar refractivity (Wildman–Crippen MR) is 81.2 cm³/mol. The highest BCUT2D eigenvalue weighted by Gasteiger charge is 2.21. The summed E-state index contributed by atoms with van der Waals surface area (Å²) in [5.74, 6) is 0.944. The normalized spacial score (nSPS) is 10.2. The van der Waals surface area contributed by atoms with E-state index < -0.39 is 0 Å². The van der Waals surface area contributed by atoms with Crippen LogP contribution in [0.1, 0.15) is 15.9 Å². The maximum Gasteiger partial charge on any atom is 0.201 e. The highest BCUT2D eigenvalue weighted by atomic mass is 32.2. The van der Waals surface area contributed by atoms with Gasteiger partial charge in [0.25, 0.3) is 0 Å². The first-order valence-corrected chi connectivity index (χ1v) is 7.34. The van der Waals surface area contributed by atoms with Crippen molar-refractivity contribution in [2.75, 3.05) is 20.5 Å². The van der Waals surface area contributed by atoms with Gasteiger partial charge in [-0.05, 0) is 30.5 Å². The lowest BCUT2D eigenvalue weighted by molar-refractivity contribution is 0.103. The zero-order valence-electron chi connectivity index (χ0n) is 11.7. The molecule has 0 aliphatic carbocycles. The van der Waals surface area contributed by atoms with E-state index in [9.17, 15) is 4.79 Å². The number of carbonyl (C=O) groups excluding carboxylic acids is 1. The Kier molecular flexibility index (Phi) is 4.69. The highest BCUT2D eigenvalue weighted by molar-refractivity contribution is 7.98. The third-order valence-corrected chi connectivity index (χ3v) is 3.80. The summed E-state index contributed by atoms with van der Waals surface area (Å²) in [5.41, 5.74) is 1.11. The van der Waals surface area contributed by atoms with E-state index in [0.717, 1.165) is 4.90 Å². The lowest BCUT2D eigenvalue weighted by Gasteiger charge is -2.13. The number of rotatable bonds is 5. The van der Waals surface area contributed by atoms with Crippen LogP contribution in [0.3, 0.4) is 0 Å². The molecule has 0 aromatic heterocycles. The van der Waals surface area contributed by atoms with Crippen molar-refractivity contribution >= 4 is 17.5 Å². The van der Waals surface area contributed by atoms with Crippen molar-refractivity contribution in [1.29, 1.82) is 0 Å². The number of hydrogen-bond donors (Lipinski definition) is 0. The predicted octanol–water partition coefficient (Wildman–Crippen LogP) is 3.66. The van der Waals surface area contributed by atoms with Crippen molar-refractivity contribution < 1.29 is 14.3 Å². The Balaban J connectivity index is 2.58. The van der Waals surface area contributed by atoms with Gasteiger partial charge in [0, 0.05) is 10.5 Å². The van der Waals surface area contributed by atoms with Crippen LogP contribution in [0, 0.1) is 0 Å². The summed E-state index contributed by atoms with van der Waals surface area (Å²) in [6.45, 7) is 0. The average molecular weight is 288 g/mol. The van der Waals surface area contributed by atoms with Crippen molar-refractivity contribution in [3.63, 3.8) is 0 Å². The van der Waals surface area contributed by atoms with Crippen LogP contribution < -0.4 is 9.47 Å². The molecule has 0 atom stereocenters. The molecule has 104 valence electrons. The lowest BCUT2D eigenvalue weighted by Crippen LogP contribution is -2.07. The molecule has 0 radical (unpaired) electrons. The first-order chi connectivity index (χ1) is 9.72. The summed E-state index contributed by atoms with van der Waals surface area (Å²) in [6, 6.07) is 12.8. The summed E-state index contributed by atoms with van der Waals surface area (Å²) in [6.07, 6.45) is 1.95. The van der Waals surface area contributed by atoms with Crippen LogP contribution in [0.4, 0.5) is 0 Å². The minimum atomic E-state index is -0.0933. The second-order valence-electron chi connectivity index (χ2n) is 4.07. The Morgan fingerprint density at radius 1 is 0.950 bits per heavy atom. The van der Waals surface area contributed by atoms with Crippen LogP contribution in [-0.4, -0.2) is 26.3 Å². The smallest absolute Gasteiger partial charge is 0.201 e. The van der Waals surface area contributed by atoms with Gasteiger partial charge >= 0.3 is 0 Å². The molecule has 0 aliphatic heterocycles. The fourth-order valence-electron chi connectivity index (χ4n) is 2.04. The van der Waals surface area contributed by atoms with Gasteiger partial charge in [-0.1, -0.05) is 18.2 Å². The first-order valence-electron chi connectivity index (χ1n) is 6.11. The molecule has 4 heteroatoms. The molecule has 0 unspecified atom stereocenters. The molecule has 0 bridgehead atoms. The number of hydrogen-bond acceptors (Lipinski definition) is 4. The number of benzene rings is 2. The van der Waals surface area contributed by atoms with Gasteiger partial charge < -0.3 is 9.47 Å². The zero-order valence-corrected chi connectivity index (χ0v) is 12.5. The van der Waals surface area contributed by atoms with Crippen LogP contribution in [-0.2, 0) is 0 Å².